The van der Waals surface area contributed by atoms with Crippen LogP contribution in [0.15, 0.2) is 47.9 Å². The van der Waals surface area contributed by atoms with Gasteiger partial charge in [0.15, 0.2) is 0 Å². The van der Waals surface area contributed by atoms with E-state index >= 15 is 0 Å². The Kier molecular flexibility index (Phi) is 4.51. The van der Waals surface area contributed by atoms with Gasteiger partial charge in [-0.2, -0.15) is 0 Å². The molecule has 3 aromatic rings. The summed E-state index contributed by atoms with van der Waals surface area (Å²) in [5, 5.41) is 0. The first kappa shape index (κ1) is 16.5. The predicted octanol–water partition coefficient (Wildman–Crippen LogP) is 2.43. The molecule has 0 spiro atoms. The van der Waals surface area contributed by atoms with Gasteiger partial charge in [-0.05, 0) is 31.4 Å². The number of hydrogen-bond donors (Lipinski definition) is 1. The van der Waals surface area contributed by atoms with Crippen molar-refractivity contribution in [2.45, 2.75) is 32.2 Å². The summed E-state index contributed by atoms with van der Waals surface area (Å²) in [6.45, 7) is 3.92. The molecular formula is C19H22N6O. The molecule has 7 nitrogen and oxygen atoms in total. The highest BCUT2D eigenvalue weighted by molar-refractivity contribution is 5.56. The van der Waals surface area contributed by atoms with Crippen LogP contribution >= 0.6 is 0 Å². The molecule has 7 heteroatoms. The minimum atomic E-state index is -0.127. The number of aromatic nitrogens is 5. The van der Waals surface area contributed by atoms with Gasteiger partial charge >= 0.3 is 0 Å². The number of aromatic amines is 1. The average Bonchev–Trinajstić information content (AvgIpc) is 3.22. The topological polar surface area (TPSA) is 79.7 Å². The van der Waals surface area contributed by atoms with Crippen LogP contribution in [0.4, 0.5) is 5.82 Å². The number of nitrogens with zero attached hydrogens (tertiary/aromatic N) is 5. The van der Waals surface area contributed by atoms with Crippen LogP contribution in [-0.2, 0) is 6.42 Å². The van der Waals surface area contributed by atoms with Crippen LogP contribution in [0, 0.1) is 0 Å². The molecule has 4 heterocycles. The summed E-state index contributed by atoms with van der Waals surface area (Å²) in [6.07, 6.45) is 10.4. The quantitative estimate of drug-likeness (QED) is 0.782. The van der Waals surface area contributed by atoms with Crippen LogP contribution in [0.2, 0.25) is 0 Å². The highest BCUT2D eigenvalue weighted by atomic mass is 16.1. The molecule has 0 radical (unpaired) electrons. The van der Waals surface area contributed by atoms with Crippen LogP contribution in [0.25, 0.3) is 11.4 Å². The molecule has 0 bridgehead atoms. The molecule has 1 aliphatic rings. The van der Waals surface area contributed by atoms with Crippen molar-refractivity contribution in [1.29, 1.82) is 0 Å². The average molecular weight is 350 g/mol. The second-order valence-corrected chi connectivity index (χ2v) is 6.57. The molecule has 26 heavy (non-hydrogen) atoms. The lowest BCUT2D eigenvalue weighted by atomic mass is 10.0. The number of anilines is 1. The summed E-state index contributed by atoms with van der Waals surface area (Å²) in [5.41, 5.74) is 1.49. The molecule has 1 fully saturated rings. The first-order chi connectivity index (χ1) is 12.7. The molecule has 0 amide bonds. The molecule has 0 atom stereocenters. The maximum absolute atomic E-state index is 11.8. The Hall–Kier alpha value is -2.96. The molecule has 134 valence electrons. The number of nitrogens with one attached hydrogen (secondary N) is 1. The van der Waals surface area contributed by atoms with Gasteiger partial charge in [-0.1, -0.05) is 6.92 Å². The Morgan fingerprint density at radius 3 is 2.77 bits per heavy atom. The molecule has 4 rings (SSSR count). The first-order valence-electron chi connectivity index (χ1n) is 9.02. The van der Waals surface area contributed by atoms with Crippen LogP contribution < -0.4 is 10.5 Å². The standard InChI is InChI=1S/C19H22N6O/c1-2-15-11-18(26)23-19(22-15)14-3-4-17(21-12-14)24-8-5-16(6-9-24)25-10-7-20-13-25/h3-4,7,10-13,16H,2,5-6,8-9H2,1H3,(H,22,23,26). The fourth-order valence-corrected chi connectivity index (χ4v) is 3.42. The molecular weight excluding hydrogens is 328 g/mol. The molecule has 0 unspecified atom stereocenters. The lowest BCUT2D eigenvalue weighted by Crippen LogP contribution is -2.34. The van der Waals surface area contributed by atoms with E-state index in [0.29, 0.717) is 11.9 Å². The molecule has 1 saturated heterocycles. The largest absolute Gasteiger partial charge is 0.356 e. The Morgan fingerprint density at radius 2 is 2.12 bits per heavy atom. The zero-order valence-corrected chi connectivity index (χ0v) is 14.8. The third kappa shape index (κ3) is 3.37. The summed E-state index contributed by atoms with van der Waals surface area (Å²) >= 11 is 0. The van der Waals surface area contributed by atoms with E-state index in [9.17, 15) is 4.79 Å². The maximum atomic E-state index is 11.8. The van der Waals surface area contributed by atoms with Gasteiger partial charge in [0.05, 0.1) is 6.33 Å². The zero-order chi connectivity index (χ0) is 17.9. The van der Waals surface area contributed by atoms with Gasteiger partial charge in [0.2, 0.25) is 0 Å². The van der Waals surface area contributed by atoms with Crippen molar-refractivity contribution in [2.24, 2.45) is 0 Å². The number of hydrogen-bond acceptors (Lipinski definition) is 5. The SMILES string of the molecule is CCc1cc(=O)[nH]c(-c2ccc(N3CCC(n4ccnc4)CC3)nc2)n1. The molecule has 1 N–H and O–H groups in total. The molecule has 0 aliphatic carbocycles. The number of H-pyrrole nitrogens is 1. The number of imidazole rings is 1. The van der Waals surface area contributed by atoms with Crippen molar-refractivity contribution in [2.75, 3.05) is 18.0 Å². The second-order valence-electron chi connectivity index (χ2n) is 6.57. The van der Waals surface area contributed by atoms with Gasteiger partial charge < -0.3 is 14.5 Å². The van der Waals surface area contributed by atoms with Crippen LogP contribution in [0.1, 0.15) is 31.5 Å². The van der Waals surface area contributed by atoms with Crippen LogP contribution in [0.5, 0.6) is 0 Å². The summed E-state index contributed by atoms with van der Waals surface area (Å²) < 4.78 is 2.19. The highest BCUT2D eigenvalue weighted by Gasteiger charge is 2.21. The van der Waals surface area contributed by atoms with Gasteiger partial charge in [-0.3, -0.25) is 4.79 Å². The Labute approximate surface area is 151 Å². The van der Waals surface area contributed by atoms with E-state index in [1.807, 2.05) is 37.8 Å². The van der Waals surface area contributed by atoms with Crippen molar-refractivity contribution in [3.05, 3.63) is 59.2 Å². The molecule has 0 aromatic carbocycles. The van der Waals surface area contributed by atoms with E-state index < -0.39 is 0 Å². The molecule has 3 aromatic heterocycles. The zero-order valence-electron chi connectivity index (χ0n) is 14.8. The second kappa shape index (κ2) is 7.11. The highest BCUT2D eigenvalue weighted by Crippen LogP contribution is 2.26. The number of pyridine rings is 1. The van der Waals surface area contributed by atoms with Gasteiger partial charge in [-0.15, -0.1) is 0 Å². The third-order valence-corrected chi connectivity index (χ3v) is 4.91. The fraction of sp³-hybridized carbons (Fsp3) is 0.368. The fourth-order valence-electron chi connectivity index (χ4n) is 3.42. The number of rotatable bonds is 4. The summed E-state index contributed by atoms with van der Waals surface area (Å²) in [4.78, 5) is 30.1. The van der Waals surface area contributed by atoms with Gasteiger partial charge in [0.25, 0.3) is 5.56 Å². The summed E-state index contributed by atoms with van der Waals surface area (Å²) in [6, 6.07) is 6.03. The monoisotopic (exact) mass is 350 g/mol. The lowest BCUT2D eigenvalue weighted by molar-refractivity contribution is 0.395. The normalized spacial score (nSPS) is 15.3. The minimum absolute atomic E-state index is 0.127. The maximum Gasteiger partial charge on any atom is 0.251 e. The summed E-state index contributed by atoms with van der Waals surface area (Å²) in [7, 11) is 0. The van der Waals surface area contributed by atoms with E-state index in [-0.39, 0.29) is 5.56 Å². The van der Waals surface area contributed by atoms with E-state index in [0.717, 1.165) is 49.4 Å². The van der Waals surface area contributed by atoms with Crippen LogP contribution in [-0.4, -0.2) is 37.6 Å². The van der Waals surface area contributed by atoms with Crippen molar-refractivity contribution in [1.82, 2.24) is 24.5 Å². The van der Waals surface area contributed by atoms with Crippen LogP contribution in [0.3, 0.4) is 0 Å². The van der Waals surface area contributed by atoms with Gasteiger partial charge in [-0.25, -0.2) is 15.0 Å². The predicted molar refractivity (Wildman–Crippen MR) is 100 cm³/mol. The molecule has 0 saturated carbocycles. The lowest BCUT2D eigenvalue weighted by Gasteiger charge is -2.33. The van der Waals surface area contributed by atoms with E-state index in [2.05, 4.69) is 29.4 Å². The third-order valence-electron chi connectivity index (χ3n) is 4.91. The van der Waals surface area contributed by atoms with Gasteiger partial charge in [0.1, 0.15) is 11.6 Å². The smallest absolute Gasteiger partial charge is 0.251 e. The van der Waals surface area contributed by atoms with Crippen molar-refractivity contribution >= 4 is 5.82 Å². The Bertz CT molecular complexity index is 908. The minimum Gasteiger partial charge on any atom is -0.356 e. The molecule has 1 aliphatic heterocycles. The van der Waals surface area contributed by atoms with Gasteiger partial charge in [0, 0.05) is 55.0 Å². The van der Waals surface area contributed by atoms with E-state index in [1.54, 1.807) is 6.20 Å². The van der Waals surface area contributed by atoms with Crippen molar-refractivity contribution in [3.63, 3.8) is 0 Å². The number of piperidine rings is 1. The van der Waals surface area contributed by atoms with E-state index in [1.165, 1.54) is 6.07 Å². The Morgan fingerprint density at radius 1 is 1.27 bits per heavy atom. The Balaban J connectivity index is 1.47. The van der Waals surface area contributed by atoms with E-state index in [4.69, 9.17) is 0 Å². The number of aryl methyl sites for hydroxylation is 1. The van der Waals surface area contributed by atoms with Crippen molar-refractivity contribution in [3.8, 4) is 11.4 Å². The van der Waals surface area contributed by atoms with Crippen molar-refractivity contribution < 1.29 is 0 Å². The first-order valence-corrected chi connectivity index (χ1v) is 9.02. The summed E-state index contributed by atoms with van der Waals surface area (Å²) in [5.74, 6) is 1.54.